The van der Waals surface area contributed by atoms with Gasteiger partial charge in [-0.25, -0.2) is 4.98 Å². The van der Waals surface area contributed by atoms with Gasteiger partial charge >= 0.3 is 0 Å². The molecular weight excluding hydrogens is 202 g/mol. The molecule has 4 N–H and O–H groups in total. The molecule has 0 fully saturated rings. The van der Waals surface area contributed by atoms with Crippen molar-refractivity contribution in [3.8, 4) is 0 Å². The van der Waals surface area contributed by atoms with Crippen LogP contribution in [0.25, 0.3) is 0 Å². The third kappa shape index (κ3) is 2.32. The van der Waals surface area contributed by atoms with Gasteiger partial charge in [0.05, 0.1) is 11.7 Å². The predicted molar refractivity (Wildman–Crippen MR) is 61.3 cm³/mol. The van der Waals surface area contributed by atoms with Gasteiger partial charge in [-0.1, -0.05) is 6.07 Å². The van der Waals surface area contributed by atoms with Crippen LogP contribution < -0.4 is 11.5 Å². The van der Waals surface area contributed by atoms with Gasteiger partial charge in [0.15, 0.2) is 0 Å². The molecule has 5 heteroatoms. The molecule has 16 heavy (non-hydrogen) atoms. The number of nitrogen functional groups attached to an aromatic ring is 1. The van der Waals surface area contributed by atoms with Crippen LogP contribution in [0.5, 0.6) is 0 Å². The van der Waals surface area contributed by atoms with Crippen molar-refractivity contribution in [3.05, 3.63) is 48.2 Å². The molecule has 2 aromatic heterocycles. The first-order chi connectivity index (χ1) is 7.77. The second-order valence-corrected chi connectivity index (χ2v) is 3.49. The second kappa shape index (κ2) is 4.67. The van der Waals surface area contributed by atoms with E-state index in [4.69, 9.17) is 11.5 Å². The Balaban J connectivity index is 2.14. The lowest BCUT2D eigenvalue weighted by Crippen LogP contribution is -2.16. The summed E-state index contributed by atoms with van der Waals surface area (Å²) in [6, 6.07) is 3.55. The van der Waals surface area contributed by atoms with Crippen molar-refractivity contribution < 1.29 is 0 Å². The summed E-state index contributed by atoms with van der Waals surface area (Å²) in [7, 11) is 0. The van der Waals surface area contributed by atoms with Gasteiger partial charge in [0.25, 0.3) is 0 Å². The molecule has 0 amide bonds. The highest BCUT2D eigenvalue weighted by molar-refractivity contribution is 5.39. The Bertz CT molecular complexity index is 457. The van der Waals surface area contributed by atoms with E-state index in [0.717, 1.165) is 11.3 Å². The number of anilines is 1. The van der Waals surface area contributed by atoms with Gasteiger partial charge in [0.1, 0.15) is 5.82 Å². The summed E-state index contributed by atoms with van der Waals surface area (Å²) >= 11 is 0. The molecule has 0 aromatic carbocycles. The highest BCUT2D eigenvalue weighted by Gasteiger charge is 2.10. The van der Waals surface area contributed by atoms with Gasteiger partial charge in [-0.15, -0.1) is 0 Å². The Morgan fingerprint density at radius 1 is 1.19 bits per heavy atom. The maximum absolute atomic E-state index is 6.01. The number of rotatable bonds is 3. The molecule has 2 heterocycles. The lowest BCUT2D eigenvalue weighted by atomic mass is 10.1. The van der Waals surface area contributed by atoms with Crippen molar-refractivity contribution in [2.45, 2.75) is 12.5 Å². The molecule has 82 valence electrons. The largest absolute Gasteiger partial charge is 0.383 e. The van der Waals surface area contributed by atoms with Crippen LogP contribution in [0, 0.1) is 0 Å². The maximum Gasteiger partial charge on any atom is 0.126 e. The third-order valence-corrected chi connectivity index (χ3v) is 2.33. The number of nitrogens with zero attached hydrogens (tertiary/aromatic N) is 3. The molecule has 0 aliphatic heterocycles. The van der Waals surface area contributed by atoms with E-state index in [-0.39, 0.29) is 6.04 Å². The van der Waals surface area contributed by atoms with E-state index in [9.17, 15) is 0 Å². The predicted octanol–water partition coefficient (Wildman–Crippen LogP) is 0.696. The lowest BCUT2D eigenvalue weighted by Gasteiger charge is -2.11. The van der Waals surface area contributed by atoms with E-state index in [1.54, 1.807) is 24.8 Å². The molecule has 2 rings (SSSR count). The number of nitrogens with two attached hydrogens (primary N) is 2. The fourth-order valence-electron chi connectivity index (χ4n) is 1.47. The molecule has 5 nitrogen and oxygen atoms in total. The number of pyridine rings is 1. The molecule has 0 spiro atoms. The Kier molecular flexibility index (Phi) is 3.07. The van der Waals surface area contributed by atoms with Crippen molar-refractivity contribution >= 4 is 5.82 Å². The molecule has 2 aromatic rings. The van der Waals surface area contributed by atoms with Crippen LogP contribution in [0.2, 0.25) is 0 Å². The SMILES string of the molecule is Nc1ncccc1CC(N)c1cnccn1. The molecule has 0 bridgehead atoms. The van der Waals surface area contributed by atoms with E-state index < -0.39 is 0 Å². The summed E-state index contributed by atoms with van der Waals surface area (Å²) in [5, 5.41) is 0. The number of hydrogen-bond donors (Lipinski definition) is 2. The Morgan fingerprint density at radius 2 is 2.06 bits per heavy atom. The molecular formula is C11H13N5. The lowest BCUT2D eigenvalue weighted by molar-refractivity contribution is 0.691. The second-order valence-electron chi connectivity index (χ2n) is 3.49. The summed E-state index contributed by atoms with van der Waals surface area (Å²) in [4.78, 5) is 12.1. The van der Waals surface area contributed by atoms with Gasteiger partial charge < -0.3 is 11.5 Å². The zero-order chi connectivity index (χ0) is 11.4. The highest BCUT2D eigenvalue weighted by Crippen LogP contribution is 2.16. The first kappa shape index (κ1) is 10.5. The van der Waals surface area contributed by atoms with E-state index >= 15 is 0 Å². The molecule has 1 atom stereocenters. The number of aromatic nitrogens is 3. The summed E-state index contributed by atoms with van der Waals surface area (Å²) in [6.07, 6.45) is 7.18. The minimum absolute atomic E-state index is 0.208. The molecule has 0 saturated heterocycles. The van der Waals surface area contributed by atoms with Crippen LogP contribution >= 0.6 is 0 Å². The first-order valence-electron chi connectivity index (χ1n) is 4.98. The third-order valence-electron chi connectivity index (χ3n) is 2.33. The van der Waals surface area contributed by atoms with Crippen LogP contribution in [0.1, 0.15) is 17.3 Å². The summed E-state index contributed by atoms with van der Waals surface area (Å²) < 4.78 is 0. The van der Waals surface area contributed by atoms with E-state index in [1.165, 1.54) is 0 Å². The van der Waals surface area contributed by atoms with Gasteiger partial charge in [-0.2, -0.15) is 0 Å². The van der Waals surface area contributed by atoms with Crippen molar-refractivity contribution in [1.29, 1.82) is 0 Å². The summed E-state index contributed by atoms with van der Waals surface area (Å²) in [5.74, 6) is 0.516. The van der Waals surface area contributed by atoms with Gasteiger partial charge in [0.2, 0.25) is 0 Å². The Morgan fingerprint density at radius 3 is 2.75 bits per heavy atom. The van der Waals surface area contributed by atoms with Gasteiger partial charge in [-0.05, 0) is 18.1 Å². The van der Waals surface area contributed by atoms with Crippen molar-refractivity contribution in [2.24, 2.45) is 5.73 Å². The van der Waals surface area contributed by atoms with Crippen LogP contribution in [-0.4, -0.2) is 15.0 Å². The van der Waals surface area contributed by atoms with E-state index in [0.29, 0.717) is 12.2 Å². The summed E-state index contributed by atoms with van der Waals surface area (Å²) in [6.45, 7) is 0. The van der Waals surface area contributed by atoms with Crippen LogP contribution in [0.3, 0.4) is 0 Å². The molecule has 0 saturated carbocycles. The zero-order valence-electron chi connectivity index (χ0n) is 8.74. The van der Waals surface area contributed by atoms with Crippen molar-refractivity contribution in [3.63, 3.8) is 0 Å². The first-order valence-corrected chi connectivity index (χ1v) is 4.98. The molecule has 0 aliphatic carbocycles. The average molecular weight is 215 g/mol. The fourth-order valence-corrected chi connectivity index (χ4v) is 1.47. The smallest absolute Gasteiger partial charge is 0.126 e. The minimum Gasteiger partial charge on any atom is -0.383 e. The highest BCUT2D eigenvalue weighted by atomic mass is 14.8. The monoisotopic (exact) mass is 215 g/mol. The molecule has 0 aliphatic rings. The van der Waals surface area contributed by atoms with Crippen molar-refractivity contribution in [2.75, 3.05) is 5.73 Å². The van der Waals surface area contributed by atoms with Crippen LogP contribution in [-0.2, 0) is 6.42 Å². The van der Waals surface area contributed by atoms with Crippen LogP contribution in [0.4, 0.5) is 5.82 Å². The average Bonchev–Trinajstić information content (AvgIpc) is 2.33. The standard InChI is InChI=1S/C11H13N5/c12-9(10-7-14-4-5-15-10)6-8-2-1-3-16-11(8)13/h1-5,7,9H,6,12H2,(H2,13,16). The topological polar surface area (TPSA) is 90.7 Å². The Labute approximate surface area is 93.6 Å². The molecule has 0 radical (unpaired) electrons. The van der Waals surface area contributed by atoms with E-state index in [1.807, 2.05) is 12.1 Å². The maximum atomic E-state index is 6.01. The van der Waals surface area contributed by atoms with Gasteiger partial charge in [0, 0.05) is 24.8 Å². The van der Waals surface area contributed by atoms with Crippen LogP contribution in [0.15, 0.2) is 36.9 Å². The van der Waals surface area contributed by atoms with Crippen molar-refractivity contribution in [1.82, 2.24) is 15.0 Å². The summed E-state index contributed by atoms with van der Waals surface area (Å²) in [5.41, 5.74) is 13.4. The fraction of sp³-hybridized carbons (Fsp3) is 0.182. The van der Waals surface area contributed by atoms with Gasteiger partial charge in [-0.3, -0.25) is 9.97 Å². The van der Waals surface area contributed by atoms with E-state index in [2.05, 4.69) is 15.0 Å². The zero-order valence-corrected chi connectivity index (χ0v) is 8.74. The quantitative estimate of drug-likeness (QED) is 0.786. The number of hydrogen-bond acceptors (Lipinski definition) is 5. The Hall–Kier alpha value is -2.01. The minimum atomic E-state index is -0.208. The molecule has 1 unspecified atom stereocenters. The normalized spacial score (nSPS) is 12.3.